The van der Waals surface area contributed by atoms with Gasteiger partial charge in [-0.15, -0.1) is 0 Å². The Kier molecular flexibility index (Phi) is 7.34. The van der Waals surface area contributed by atoms with Gasteiger partial charge in [0.1, 0.15) is 12.4 Å². The van der Waals surface area contributed by atoms with Crippen molar-refractivity contribution in [2.24, 2.45) is 0 Å². The van der Waals surface area contributed by atoms with Crippen molar-refractivity contribution in [3.8, 4) is 11.4 Å². The number of hydrogen-bond donors (Lipinski definition) is 1. The van der Waals surface area contributed by atoms with Crippen LogP contribution in [0.1, 0.15) is 36.0 Å². The molecule has 174 valence electrons. The monoisotopic (exact) mass is 462 g/mol. The molecule has 0 saturated carbocycles. The van der Waals surface area contributed by atoms with Crippen LogP contribution in [-0.4, -0.2) is 56.5 Å². The number of ketones is 1. The topological polar surface area (TPSA) is 109 Å². The molecule has 1 atom stereocenters. The van der Waals surface area contributed by atoms with Crippen LogP contribution < -0.4 is 0 Å². The Morgan fingerprint density at radius 1 is 1.09 bits per heavy atom. The first-order valence-electron chi connectivity index (χ1n) is 10.9. The molecule has 34 heavy (non-hydrogen) atoms. The highest BCUT2D eigenvalue weighted by Gasteiger charge is 2.28. The quantitative estimate of drug-likeness (QED) is 0.537. The van der Waals surface area contributed by atoms with Gasteiger partial charge in [0.15, 0.2) is 5.78 Å². The second-order valence-electron chi connectivity index (χ2n) is 7.86. The number of nitrogens with zero attached hydrogens (tertiary/aromatic N) is 4. The molecule has 0 aliphatic carbocycles. The highest BCUT2D eigenvalue weighted by atomic mass is 19.1. The molecule has 0 radical (unpaired) electrons. The number of benzene rings is 1. The van der Waals surface area contributed by atoms with Crippen molar-refractivity contribution in [1.82, 2.24) is 20.0 Å². The van der Waals surface area contributed by atoms with Gasteiger partial charge in [0.05, 0.1) is 17.3 Å². The Balaban J connectivity index is 1.39. The van der Waals surface area contributed by atoms with Gasteiger partial charge in [-0.1, -0.05) is 11.2 Å². The molecule has 9 heteroatoms. The van der Waals surface area contributed by atoms with E-state index in [0.717, 1.165) is 12.8 Å². The predicted molar refractivity (Wildman–Crippen MR) is 123 cm³/mol. The van der Waals surface area contributed by atoms with Gasteiger partial charge in [0.2, 0.25) is 17.6 Å². The maximum Gasteiger partial charge on any atom is 0.246 e. The van der Waals surface area contributed by atoms with Crippen LogP contribution in [0.5, 0.6) is 0 Å². The van der Waals surface area contributed by atoms with Crippen molar-refractivity contribution in [3.63, 3.8) is 0 Å². The summed E-state index contributed by atoms with van der Waals surface area (Å²) in [5.41, 5.74) is 1.78. The van der Waals surface area contributed by atoms with Crippen molar-refractivity contribution in [2.45, 2.75) is 18.8 Å². The van der Waals surface area contributed by atoms with Crippen LogP contribution in [-0.2, 0) is 9.59 Å². The predicted octanol–water partition coefficient (Wildman–Crippen LogP) is 3.26. The fourth-order valence-electron chi connectivity index (χ4n) is 3.64. The standard InChI is InChI=1S/C25H23FN4O4/c26-19-8-6-17(7-9-19)24-28-25(34-29-24)18-3-2-14-30(15-18)23(33)13-11-21-5-1-4-20(27-21)10-12-22(32)16-31/h1,4-13,18,31H,2-3,14-16H2/b12-10+,13-11+. The number of halogens is 1. The lowest BCUT2D eigenvalue weighted by atomic mass is 9.98. The molecule has 1 aliphatic heterocycles. The molecule has 8 nitrogen and oxygen atoms in total. The molecule has 0 spiro atoms. The normalized spacial score (nSPS) is 16.4. The van der Waals surface area contributed by atoms with E-state index in [1.807, 2.05) is 0 Å². The Bertz CT molecular complexity index is 1220. The summed E-state index contributed by atoms with van der Waals surface area (Å²) in [6.07, 6.45) is 7.48. The van der Waals surface area contributed by atoms with Gasteiger partial charge in [0, 0.05) is 24.7 Å². The fraction of sp³-hybridized carbons (Fsp3) is 0.240. The smallest absolute Gasteiger partial charge is 0.246 e. The molecule has 1 aromatic carbocycles. The Morgan fingerprint density at radius 3 is 2.56 bits per heavy atom. The van der Waals surface area contributed by atoms with Crippen LogP contribution in [0.25, 0.3) is 23.5 Å². The van der Waals surface area contributed by atoms with Crippen molar-refractivity contribution < 1.29 is 23.6 Å². The minimum atomic E-state index is -0.557. The lowest BCUT2D eigenvalue weighted by Gasteiger charge is -2.30. The summed E-state index contributed by atoms with van der Waals surface area (Å²) in [7, 11) is 0. The number of aliphatic hydroxyl groups is 1. The number of aromatic nitrogens is 3. The van der Waals surface area contributed by atoms with E-state index in [2.05, 4.69) is 15.1 Å². The van der Waals surface area contributed by atoms with Crippen LogP contribution in [0.4, 0.5) is 4.39 Å². The average Bonchev–Trinajstić information content (AvgIpc) is 3.37. The third-order valence-electron chi connectivity index (χ3n) is 5.41. The molecule has 1 aliphatic rings. The summed E-state index contributed by atoms with van der Waals surface area (Å²) in [6.45, 7) is 0.518. The number of carbonyl (C=O) groups is 2. The summed E-state index contributed by atoms with van der Waals surface area (Å²) in [5, 5.41) is 12.8. The number of piperidine rings is 1. The van der Waals surface area contributed by atoms with Crippen LogP contribution in [0.2, 0.25) is 0 Å². The summed E-state index contributed by atoms with van der Waals surface area (Å²) in [5.74, 6) is -0.135. The highest BCUT2D eigenvalue weighted by Crippen LogP contribution is 2.28. The zero-order valence-electron chi connectivity index (χ0n) is 18.3. The van der Waals surface area contributed by atoms with E-state index in [9.17, 15) is 14.0 Å². The van der Waals surface area contributed by atoms with Crippen molar-refractivity contribution in [2.75, 3.05) is 19.7 Å². The van der Waals surface area contributed by atoms with Crippen LogP contribution in [0.15, 0.2) is 59.1 Å². The summed E-state index contributed by atoms with van der Waals surface area (Å²) >= 11 is 0. The average molecular weight is 462 g/mol. The maximum absolute atomic E-state index is 13.2. The van der Waals surface area contributed by atoms with Gasteiger partial charge in [-0.05, 0) is 67.5 Å². The van der Waals surface area contributed by atoms with Gasteiger partial charge in [-0.25, -0.2) is 9.37 Å². The van der Waals surface area contributed by atoms with E-state index in [0.29, 0.717) is 41.8 Å². The molecular formula is C25H23FN4O4. The molecule has 3 heterocycles. The molecule has 1 saturated heterocycles. The Morgan fingerprint density at radius 2 is 1.82 bits per heavy atom. The number of likely N-dealkylation sites (tertiary alicyclic amines) is 1. The van der Waals surface area contributed by atoms with Gasteiger partial charge >= 0.3 is 0 Å². The zero-order chi connectivity index (χ0) is 23.9. The minimum absolute atomic E-state index is 0.0801. The van der Waals surface area contributed by atoms with Crippen LogP contribution in [0.3, 0.4) is 0 Å². The fourth-order valence-corrected chi connectivity index (χ4v) is 3.64. The van der Waals surface area contributed by atoms with E-state index in [1.165, 1.54) is 30.4 Å². The summed E-state index contributed by atoms with van der Waals surface area (Å²) in [4.78, 5) is 34.5. The number of carbonyl (C=O) groups excluding carboxylic acids is 2. The molecule has 2 aromatic heterocycles. The molecule has 1 N–H and O–H groups in total. The minimum Gasteiger partial charge on any atom is -0.388 e. The van der Waals surface area contributed by atoms with Gasteiger partial charge in [-0.2, -0.15) is 4.98 Å². The second-order valence-corrected chi connectivity index (χ2v) is 7.86. The third kappa shape index (κ3) is 5.87. The van der Waals surface area contributed by atoms with E-state index in [1.54, 1.807) is 41.3 Å². The van der Waals surface area contributed by atoms with Crippen molar-refractivity contribution in [3.05, 3.63) is 77.7 Å². The van der Waals surface area contributed by atoms with E-state index >= 15 is 0 Å². The lowest BCUT2D eigenvalue weighted by Crippen LogP contribution is -2.38. The Hall–Kier alpha value is -3.98. The number of hydrogen-bond acceptors (Lipinski definition) is 7. The van der Waals surface area contributed by atoms with Crippen molar-refractivity contribution >= 4 is 23.8 Å². The first-order chi connectivity index (χ1) is 16.5. The molecule has 1 amide bonds. The molecule has 3 aromatic rings. The van der Waals surface area contributed by atoms with E-state index in [-0.39, 0.29) is 17.6 Å². The molecule has 1 unspecified atom stereocenters. The number of aliphatic hydroxyl groups excluding tert-OH is 1. The van der Waals surface area contributed by atoms with Gasteiger partial charge in [0.25, 0.3) is 0 Å². The van der Waals surface area contributed by atoms with Gasteiger partial charge in [-0.3, -0.25) is 9.59 Å². The molecule has 4 rings (SSSR count). The zero-order valence-corrected chi connectivity index (χ0v) is 18.3. The van der Waals surface area contributed by atoms with Crippen LogP contribution in [0, 0.1) is 5.82 Å². The first kappa shape index (κ1) is 23.2. The van der Waals surface area contributed by atoms with Crippen molar-refractivity contribution in [1.29, 1.82) is 0 Å². The molecular weight excluding hydrogens is 439 g/mol. The molecule has 1 fully saturated rings. The number of amides is 1. The van der Waals surface area contributed by atoms with Crippen LogP contribution >= 0.6 is 0 Å². The van der Waals surface area contributed by atoms with E-state index in [4.69, 9.17) is 9.63 Å². The van der Waals surface area contributed by atoms with E-state index < -0.39 is 12.4 Å². The highest BCUT2D eigenvalue weighted by molar-refractivity contribution is 5.94. The first-order valence-corrected chi connectivity index (χ1v) is 10.9. The third-order valence-corrected chi connectivity index (χ3v) is 5.41. The number of rotatable bonds is 7. The lowest BCUT2D eigenvalue weighted by molar-refractivity contribution is -0.127. The van der Waals surface area contributed by atoms with Gasteiger partial charge < -0.3 is 14.5 Å². The SMILES string of the molecule is O=C(/C=C/c1cccc(/C=C/C(=O)N2CCCC(c3nc(-c4ccc(F)cc4)no3)C2)n1)CO. The summed E-state index contributed by atoms with van der Waals surface area (Å²) < 4.78 is 18.6. The second kappa shape index (κ2) is 10.8. The maximum atomic E-state index is 13.2. The number of pyridine rings is 1. The molecule has 0 bridgehead atoms. The Labute approximate surface area is 195 Å². The summed E-state index contributed by atoms with van der Waals surface area (Å²) in [6, 6.07) is 11.1. The largest absolute Gasteiger partial charge is 0.388 e.